The van der Waals surface area contributed by atoms with Gasteiger partial charge in [0.1, 0.15) is 0 Å². The van der Waals surface area contributed by atoms with Gasteiger partial charge in [-0.05, 0) is 23.6 Å². The second-order valence-electron chi connectivity index (χ2n) is 4.08. The molecule has 0 radical (unpaired) electrons. The summed E-state index contributed by atoms with van der Waals surface area (Å²) in [4.78, 5) is 17.0. The van der Waals surface area contributed by atoms with Crippen molar-refractivity contribution in [3.63, 3.8) is 0 Å². The van der Waals surface area contributed by atoms with E-state index in [1.807, 2.05) is 23.6 Å². The number of rotatable bonds is 5. The van der Waals surface area contributed by atoms with E-state index in [4.69, 9.17) is 9.63 Å². The third-order valence-corrected chi connectivity index (χ3v) is 4.60. The summed E-state index contributed by atoms with van der Waals surface area (Å²) in [6.45, 7) is 0. The summed E-state index contributed by atoms with van der Waals surface area (Å²) in [7, 11) is 0. The van der Waals surface area contributed by atoms with Crippen LogP contribution in [0.2, 0.25) is 0 Å². The molecule has 0 unspecified atom stereocenters. The van der Waals surface area contributed by atoms with Gasteiger partial charge in [0.15, 0.2) is 5.82 Å². The molecule has 0 atom stereocenters. The molecule has 0 bridgehead atoms. The summed E-state index contributed by atoms with van der Waals surface area (Å²) in [5, 5.41) is 15.0. The molecule has 1 N–H and O–H groups in total. The summed E-state index contributed by atoms with van der Waals surface area (Å²) in [5.41, 5.74) is 0.282. The molecule has 21 heavy (non-hydrogen) atoms. The topological polar surface area (TPSA) is 76.2 Å². The molecule has 0 aliphatic heterocycles. The van der Waals surface area contributed by atoms with E-state index in [1.165, 1.54) is 23.1 Å². The van der Waals surface area contributed by atoms with Crippen molar-refractivity contribution in [1.29, 1.82) is 0 Å². The third kappa shape index (κ3) is 3.14. The van der Waals surface area contributed by atoms with Crippen LogP contribution in [-0.4, -0.2) is 21.2 Å². The number of aromatic nitrogens is 2. The normalized spacial score (nSPS) is 10.7. The first-order chi connectivity index (χ1) is 10.2. The van der Waals surface area contributed by atoms with E-state index in [-0.39, 0.29) is 5.56 Å². The number of carboxylic acid groups (broad SMARTS) is 1. The average molecular weight is 318 g/mol. The zero-order valence-corrected chi connectivity index (χ0v) is 12.4. The fourth-order valence-electron chi connectivity index (χ4n) is 1.72. The molecule has 0 fully saturated rings. The van der Waals surface area contributed by atoms with Crippen LogP contribution in [0.5, 0.6) is 0 Å². The predicted molar refractivity (Wildman–Crippen MR) is 80.6 cm³/mol. The molecule has 7 heteroatoms. The quantitative estimate of drug-likeness (QED) is 0.721. The molecular weight excluding hydrogens is 308 g/mol. The van der Waals surface area contributed by atoms with Crippen LogP contribution in [0, 0.1) is 0 Å². The van der Waals surface area contributed by atoms with E-state index in [0.717, 1.165) is 4.88 Å². The molecule has 0 saturated carbocycles. The van der Waals surface area contributed by atoms with Crippen molar-refractivity contribution in [2.75, 3.05) is 0 Å². The minimum atomic E-state index is -0.939. The molecule has 0 aliphatic rings. The standard InChI is InChI=1S/C14H10N2O3S2/c17-14(18)9-4-1-2-5-10(9)21-8-12-15-13(19-16-12)11-6-3-7-20-11/h1-7H,8H2,(H,17,18). The number of nitrogens with zero attached hydrogens (tertiary/aromatic N) is 2. The van der Waals surface area contributed by atoms with Gasteiger partial charge in [0.05, 0.1) is 16.2 Å². The minimum Gasteiger partial charge on any atom is -0.478 e. The smallest absolute Gasteiger partial charge is 0.336 e. The van der Waals surface area contributed by atoms with Crippen molar-refractivity contribution in [1.82, 2.24) is 10.1 Å². The van der Waals surface area contributed by atoms with Crippen molar-refractivity contribution in [2.24, 2.45) is 0 Å². The van der Waals surface area contributed by atoms with Crippen LogP contribution in [-0.2, 0) is 5.75 Å². The fraction of sp³-hybridized carbons (Fsp3) is 0.0714. The zero-order chi connectivity index (χ0) is 14.7. The lowest BCUT2D eigenvalue weighted by Gasteiger charge is -2.02. The van der Waals surface area contributed by atoms with Crippen LogP contribution in [0.4, 0.5) is 0 Å². The highest BCUT2D eigenvalue weighted by atomic mass is 32.2. The number of hydrogen-bond acceptors (Lipinski definition) is 6. The van der Waals surface area contributed by atoms with E-state index in [9.17, 15) is 4.79 Å². The van der Waals surface area contributed by atoms with Crippen LogP contribution in [0.1, 0.15) is 16.2 Å². The summed E-state index contributed by atoms with van der Waals surface area (Å²) in [6.07, 6.45) is 0. The Labute approximate surface area is 128 Å². The van der Waals surface area contributed by atoms with Crippen molar-refractivity contribution >= 4 is 29.1 Å². The van der Waals surface area contributed by atoms with Gasteiger partial charge in [0.2, 0.25) is 0 Å². The number of benzene rings is 1. The number of aromatic carboxylic acids is 1. The molecule has 0 spiro atoms. The molecule has 2 aromatic heterocycles. The number of thiophene rings is 1. The lowest BCUT2D eigenvalue weighted by Crippen LogP contribution is -1.98. The molecule has 0 aliphatic carbocycles. The van der Waals surface area contributed by atoms with Gasteiger partial charge in [0.25, 0.3) is 5.89 Å². The second kappa shape index (κ2) is 6.11. The van der Waals surface area contributed by atoms with Gasteiger partial charge < -0.3 is 9.63 Å². The maximum absolute atomic E-state index is 11.1. The lowest BCUT2D eigenvalue weighted by molar-refractivity contribution is 0.0693. The van der Waals surface area contributed by atoms with Gasteiger partial charge in [-0.15, -0.1) is 23.1 Å². The molecule has 5 nitrogen and oxygen atoms in total. The molecule has 1 aromatic carbocycles. The summed E-state index contributed by atoms with van der Waals surface area (Å²) in [6, 6.07) is 10.7. The van der Waals surface area contributed by atoms with Gasteiger partial charge in [-0.3, -0.25) is 0 Å². The molecule has 2 heterocycles. The van der Waals surface area contributed by atoms with Crippen LogP contribution >= 0.6 is 23.1 Å². The van der Waals surface area contributed by atoms with E-state index >= 15 is 0 Å². The van der Waals surface area contributed by atoms with Crippen LogP contribution in [0.25, 0.3) is 10.8 Å². The molecule has 0 saturated heterocycles. The van der Waals surface area contributed by atoms with Crippen molar-refractivity contribution in [2.45, 2.75) is 10.6 Å². The Morgan fingerprint density at radius 3 is 2.90 bits per heavy atom. The Kier molecular flexibility index (Phi) is 4.03. The maximum Gasteiger partial charge on any atom is 0.336 e. The summed E-state index contributed by atoms with van der Waals surface area (Å²) in [5.74, 6) is 0.556. The Morgan fingerprint density at radius 1 is 1.29 bits per heavy atom. The second-order valence-corrected chi connectivity index (χ2v) is 6.05. The van der Waals surface area contributed by atoms with E-state index in [1.54, 1.807) is 18.2 Å². The first-order valence-electron chi connectivity index (χ1n) is 6.05. The number of carbonyl (C=O) groups is 1. The Hall–Kier alpha value is -2.12. The summed E-state index contributed by atoms with van der Waals surface area (Å²) >= 11 is 2.91. The highest BCUT2D eigenvalue weighted by Gasteiger charge is 2.13. The van der Waals surface area contributed by atoms with Crippen LogP contribution < -0.4 is 0 Å². The van der Waals surface area contributed by atoms with Crippen molar-refractivity contribution < 1.29 is 14.4 Å². The van der Waals surface area contributed by atoms with E-state index in [0.29, 0.717) is 22.4 Å². The van der Waals surface area contributed by atoms with Crippen LogP contribution in [0.3, 0.4) is 0 Å². The lowest BCUT2D eigenvalue weighted by atomic mass is 10.2. The minimum absolute atomic E-state index is 0.282. The first-order valence-corrected chi connectivity index (χ1v) is 7.92. The Bertz CT molecular complexity index is 753. The molecule has 3 aromatic rings. The zero-order valence-electron chi connectivity index (χ0n) is 10.7. The van der Waals surface area contributed by atoms with Gasteiger partial charge in [-0.1, -0.05) is 23.4 Å². The summed E-state index contributed by atoms with van der Waals surface area (Å²) < 4.78 is 5.19. The number of hydrogen-bond donors (Lipinski definition) is 1. The number of carboxylic acids is 1. The Morgan fingerprint density at radius 2 is 2.14 bits per heavy atom. The molecule has 0 amide bonds. The molecular formula is C14H10N2O3S2. The molecule has 106 valence electrons. The largest absolute Gasteiger partial charge is 0.478 e. The number of thioether (sulfide) groups is 1. The highest BCUT2D eigenvalue weighted by Crippen LogP contribution is 2.27. The SMILES string of the molecule is O=C(O)c1ccccc1SCc1noc(-c2cccs2)n1. The van der Waals surface area contributed by atoms with Gasteiger partial charge in [-0.25, -0.2) is 4.79 Å². The predicted octanol–water partition coefficient (Wildman–Crippen LogP) is 3.79. The van der Waals surface area contributed by atoms with E-state index < -0.39 is 5.97 Å². The highest BCUT2D eigenvalue weighted by molar-refractivity contribution is 7.98. The Balaban J connectivity index is 1.73. The maximum atomic E-state index is 11.1. The average Bonchev–Trinajstić information content (AvgIpc) is 3.16. The fourth-order valence-corrected chi connectivity index (χ4v) is 3.26. The monoisotopic (exact) mass is 318 g/mol. The van der Waals surface area contributed by atoms with Crippen molar-refractivity contribution in [3.05, 3.63) is 53.2 Å². The van der Waals surface area contributed by atoms with Crippen LogP contribution in [0.15, 0.2) is 51.2 Å². The van der Waals surface area contributed by atoms with Gasteiger partial charge in [0, 0.05) is 4.90 Å². The third-order valence-electron chi connectivity index (χ3n) is 2.67. The van der Waals surface area contributed by atoms with E-state index in [2.05, 4.69) is 10.1 Å². The van der Waals surface area contributed by atoms with Crippen molar-refractivity contribution in [3.8, 4) is 10.8 Å². The first kappa shape index (κ1) is 13.8. The van der Waals surface area contributed by atoms with Gasteiger partial charge >= 0.3 is 5.97 Å². The van der Waals surface area contributed by atoms with Gasteiger partial charge in [-0.2, -0.15) is 4.98 Å². The molecule has 3 rings (SSSR count).